The summed E-state index contributed by atoms with van der Waals surface area (Å²) in [5, 5.41) is 21.3. The molecule has 1 fully saturated rings. The number of ether oxygens (including phenoxy) is 4. The van der Waals surface area contributed by atoms with Crippen LogP contribution in [-0.2, 0) is 22.6 Å². The number of esters is 1. The molecule has 7 nitrogen and oxygen atoms in total. The fraction of sp³-hybridized carbons (Fsp3) is 0.485. The van der Waals surface area contributed by atoms with E-state index in [1.165, 1.54) is 0 Å². The number of aryl methyl sites for hydroxylation is 1. The summed E-state index contributed by atoms with van der Waals surface area (Å²) in [6.07, 6.45) is 5.27. The molecule has 1 heterocycles. The zero-order chi connectivity index (χ0) is 28.6. The second-order valence-electron chi connectivity index (χ2n) is 10.6. The van der Waals surface area contributed by atoms with E-state index in [0.717, 1.165) is 22.4 Å². The molecule has 0 radical (unpaired) electrons. The maximum atomic E-state index is 12.5. The second kappa shape index (κ2) is 13.7. The molecule has 40 heavy (non-hydrogen) atoms. The van der Waals surface area contributed by atoms with Gasteiger partial charge in [0, 0.05) is 48.3 Å². The molecule has 6 atom stereocenters. The van der Waals surface area contributed by atoms with Crippen LogP contribution in [-0.4, -0.2) is 48.7 Å². The highest BCUT2D eigenvalue weighted by atomic mass is 16.5. The van der Waals surface area contributed by atoms with Gasteiger partial charge in [-0.2, -0.15) is 0 Å². The number of para-hydroxylation sites is 1. The van der Waals surface area contributed by atoms with Gasteiger partial charge in [-0.1, -0.05) is 37.3 Å². The van der Waals surface area contributed by atoms with Crippen LogP contribution >= 0.6 is 0 Å². The van der Waals surface area contributed by atoms with E-state index in [4.69, 9.17) is 18.9 Å². The lowest BCUT2D eigenvalue weighted by atomic mass is 9.86. The smallest absolute Gasteiger partial charge is 0.306 e. The van der Waals surface area contributed by atoms with Crippen molar-refractivity contribution in [2.24, 2.45) is 11.8 Å². The average Bonchev–Trinajstić information content (AvgIpc) is 3.48. The van der Waals surface area contributed by atoms with Crippen LogP contribution in [0.25, 0.3) is 0 Å². The molecular weight excluding hydrogens is 508 g/mol. The summed E-state index contributed by atoms with van der Waals surface area (Å²) in [6.45, 7) is 3.90. The lowest BCUT2D eigenvalue weighted by Gasteiger charge is -2.19. The van der Waals surface area contributed by atoms with Gasteiger partial charge in [-0.25, -0.2) is 0 Å². The van der Waals surface area contributed by atoms with Gasteiger partial charge < -0.3 is 29.2 Å². The Morgan fingerprint density at radius 3 is 2.77 bits per heavy atom. The fourth-order valence-corrected chi connectivity index (χ4v) is 5.61. The maximum absolute atomic E-state index is 12.5. The topological polar surface area (TPSA) is 94.5 Å². The molecule has 2 aromatic rings. The van der Waals surface area contributed by atoms with Crippen molar-refractivity contribution in [3.63, 3.8) is 0 Å². The van der Waals surface area contributed by atoms with Gasteiger partial charge in [-0.3, -0.25) is 4.79 Å². The van der Waals surface area contributed by atoms with E-state index < -0.39 is 12.2 Å². The molecule has 0 saturated heterocycles. The highest BCUT2D eigenvalue weighted by Gasteiger charge is 2.48. The predicted molar refractivity (Wildman–Crippen MR) is 152 cm³/mol. The summed E-state index contributed by atoms with van der Waals surface area (Å²) < 4.78 is 22.4. The third-order valence-electron chi connectivity index (χ3n) is 7.91. The van der Waals surface area contributed by atoms with Crippen molar-refractivity contribution in [2.45, 2.75) is 76.8 Å². The number of rotatable bonds is 12. The molecule has 0 spiro atoms. The summed E-state index contributed by atoms with van der Waals surface area (Å²) in [5.41, 5.74) is 2.92. The quantitative estimate of drug-likeness (QED) is 0.220. The molecule has 1 aliphatic carbocycles. The first-order valence-corrected chi connectivity index (χ1v) is 13.9. The predicted octanol–water partition coefficient (Wildman–Crippen LogP) is 4.96. The van der Waals surface area contributed by atoms with E-state index in [9.17, 15) is 15.0 Å². The summed E-state index contributed by atoms with van der Waals surface area (Å²) >= 11 is 0. The minimum Gasteiger partial charge on any atom is -0.497 e. The standard InChI is InChI=1S/C33H40O7/c1-5-6-9-21(2)27(34)17-16-25-28(35)19-30-32(25)26-12-7-10-22(33(26)40-30)11-8-13-31(36)39-20-23-14-15-24(37-3)18-29(23)38-4/h7,10,12,14-18,21,25,27-28,30,32,34-35H,8-9,11,13,19-20H2,1-4H3/b17-16+/t21?,25-,27+,28?,30-,32-/m0/s1. The van der Waals surface area contributed by atoms with Crippen LogP contribution in [0.1, 0.15) is 62.1 Å². The number of carbonyl (C=O) groups is 1. The number of carbonyl (C=O) groups excluding carboxylic acids is 1. The van der Waals surface area contributed by atoms with Crippen LogP contribution in [0.3, 0.4) is 0 Å². The molecule has 0 bridgehead atoms. The zero-order valence-corrected chi connectivity index (χ0v) is 23.8. The van der Waals surface area contributed by atoms with E-state index in [1.807, 2.05) is 37.3 Å². The molecule has 1 saturated carbocycles. The number of hydrogen-bond donors (Lipinski definition) is 2. The van der Waals surface area contributed by atoms with E-state index >= 15 is 0 Å². The van der Waals surface area contributed by atoms with Crippen LogP contribution < -0.4 is 14.2 Å². The summed E-state index contributed by atoms with van der Waals surface area (Å²) in [7, 11) is 3.16. The number of hydrogen-bond acceptors (Lipinski definition) is 7. The number of fused-ring (bicyclic) bond motifs is 3. The minimum absolute atomic E-state index is 0.0155. The van der Waals surface area contributed by atoms with E-state index in [0.29, 0.717) is 37.2 Å². The summed E-state index contributed by atoms with van der Waals surface area (Å²) in [4.78, 5) is 12.5. The first-order valence-electron chi connectivity index (χ1n) is 13.9. The largest absolute Gasteiger partial charge is 0.497 e. The molecule has 1 aliphatic heterocycles. The van der Waals surface area contributed by atoms with Gasteiger partial charge in [0.05, 0.1) is 26.4 Å². The SMILES string of the molecule is CC#CCC(C)[C@H](O)/C=C/[C@H]1C(O)C[C@@H]2Oc3c(CCCC(=O)OCc4ccc(OC)cc4OC)cccc3[C@@H]21. The Labute approximate surface area is 237 Å². The van der Waals surface area contributed by atoms with Crippen LogP contribution in [0, 0.1) is 23.7 Å². The molecule has 2 aliphatic rings. The van der Waals surface area contributed by atoms with Gasteiger partial charge in [-0.15, -0.1) is 11.8 Å². The van der Waals surface area contributed by atoms with Crippen LogP contribution in [0.2, 0.25) is 0 Å². The van der Waals surface area contributed by atoms with E-state index in [1.54, 1.807) is 33.3 Å². The Balaban J connectivity index is 1.34. The van der Waals surface area contributed by atoms with Gasteiger partial charge in [0.1, 0.15) is 30.0 Å². The molecule has 0 aromatic heterocycles. The lowest BCUT2D eigenvalue weighted by molar-refractivity contribution is -0.145. The third kappa shape index (κ3) is 6.80. The van der Waals surface area contributed by atoms with Gasteiger partial charge in [-0.05, 0) is 43.4 Å². The third-order valence-corrected chi connectivity index (χ3v) is 7.91. The highest BCUT2D eigenvalue weighted by Crippen LogP contribution is 2.52. The second-order valence-corrected chi connectivity index (χ2v) is 10.6. The molecule has 7 heteroatoms. The Hall–Kier alpha value is -3.47. The fourth-order valence-electron chi connectivity index (χ4n) is 5.61. The molecule has 4 rings (SSSR count). The van der Waals surface area contributed by atoms with E-state index in [2.05, 4.69) is 17.9 Å². The van der Waals surface area contributed by atoms with Gasteiger partial charge in [0.15, 0.2) is 0 Å². The molecule has 2 N–H and O–H groups in total. The zero-order valence-electron chi connectivity index (χ0n) is 23.8. The van der Waals surface area contributed by atoms with Crippen molar-refractivity contribution in [2.75, 3.05) is 14.2 Å². The van der Waals surface area contributed by atoms with Crippen molar-refractivity contribution in [3.05, 3.63) is 65.2 Å². The van der Waals surface area contributed by atoms with Gasteiger partial charge >= 0.3 is 5.97 Å². The molecular formula is C33H40O7. The first kappa shape index (κ1) is 29.5. The maximum Gasteiger partial charge on any atom is 0.306 e. The van der Waals surface area contributed by atoms with Crippen molar-refractivity contribution in [1.82, 2.24) is 0 Å². The van der Waals surface area contributed by atoms with Crippen LogP contribution in [0.5, 0.6) is 17.2 Å². The number of aliphatic hydroxyl groups excluding tert-OH is 2. The van der Waals surface area contributed by atoms with E-state index in [-0.39, 0.29) is 42.9 Å². The molecule has 2 aromatic carbocycles. The molecule has 2 unspecified atom stereocenters. The van der Waals surface area contributed by atoms with Crippen molar-refractivity contribution < 1.29 is 34.0 Å². The van der Waals surface area contributed by atoms with Gasteiger partial charge in [0.25, 0.3) is 0 Å². The Morgan fingerprint density at radius 1 is 1.20 bits per heavy atom. The minimum atomic E-state index is -0.620. The number of methoxy groups -OCH3 is 2. The summed E-state index contributed by atoms with van der Waals surface area (Å²) in [6, 6.07) is 11.5. The van der Waals surface area contributed by atoms with Crippen molar-refractivity contribution in [1.29, 1.82) is 0 Å². The normalized spacial score (nSPS) is 22.4. The Kier molecular flexibility index (Phi) is 10.1. The molecule has 0 amide bonds. The number of benzene rings is 2. The first-order chi connectivity index (χ1) is 19.4. The average molecular weight is 549 g/mol. The Bertz CT molecular complexity index is 1260. The van der Waals surface area contributed by atoms with Crippen LogP contribution in [0.4, 0.5) is 0 Å². The van der Waals surface area contributed by atoms with Crippen LogP contribution in [0.15, 0.2) is 48.6 Å². The Morgan fingerprint density at radius 2 is 2.02 bits per heavy atom. The number of aliphatic hydroxyl groups is 2. The lowest BCUT2D eigenvalue weighted by Crippen LogP contribution is -2.19. The molecule has 214 valence electrons. The van der Waals surface area contributed by atoms with Crippen molar-refractivity contribution in [3.8, 4) is 29.1 Å². The monoisotopic (exact) mass is 548 g/mol. The van der Waals surface area contributed by atoms with Crippen molar-refractivity contribution >= 4 is 5.97 Å². The van der Waals surface area contributed by atoms with Gasteiger partial charge in [0.2, 0.25) is 0 Å². The summed E-state index contributed by atoms with van der Waals surface area (Å²) in [5.74, 6) is 7.69. The highest BCUT2D eigenvalue weighted by molar-refractivity contribution is 5.69.